The summed E-state index contributed by atoms with van der Waals surface area (Å²) in [5.74, 6) is 1.13. The molecule has 7 nitrogen and oxygen atoms in total. The van der Waals surface area contributed by atoms with E-state index in [1.807, 2.05) is 0 Å². The first-order chi connectivity index (χ1) is 12.5. The summed E-state index contributed by atoms with van der Waals surface area (Å²) in [6, 6.07) is 10.4. The minimum Gasteiger partial charge on any atom is -0.493 e. The van der Waals surface area contributed by atoms with E-state index in [1.165, 1.54) is 18.8 Å². The largest absolute Gasteiger partial charge is 0.493 e. The topological polar surface area (TPSA) is 71.7 Å². The number of methoxy groups -OCH3 is 2. The maximum absolute atomic E-state index is 12.6. The third-order valence-corrected chi connectivity index (χ3v) is 4.32. The minimum absolute atomic E-state index is 0.139. The van der Waals surface area contributed by atoms with Crippen LogP contribution < -0.4 is 19.9 Å². The van der Waals surface area contributed by atoms with Crippen molar-refractivity contribution in [3.8, 4) is 17.2 Å². The van der Waals surface area contributed by atoms with Crippen molar-refractivity contribution in [2.75, 3.05) is 20.8 Å². The Morgan fingerprint density at radius 2 is 1.58 bits per heavy atom. The Hall–Kier alpha value is -3.22. The van der Waals surface area contributed by atoms with Crippen LogP contribution in [0.3, 0.4) is 0 Å². The van der Waals surface area contributed by atoms with Crippen molar-refractivity contribution in [2.45, 2.75) is 0 Å². The molecule has 0 N–H and O–H groups in total. The van der Waals surface area contributed by atoms with Crippen LogP contribution >= 0.6 is 0 Å². The number of ether oxygens (including phenoxy) is 3. The van der Waals surface area contributed by atoms with Gasteiger partial charge in [0.05, 0.1) is 25.3 Å². The highest BCUT2D eigenvalue weighted by atomic mass is 16.5. The number of aromatic nitrogens is 2. The second-order valence-electron chi connectivity index (χ2n) is 5.81. The van der Waals surface area contributed by atoms with E-state index in [0.29, 0.717) is 28.3 Å². The van der Waals surface area contributed by atoms with E-state index in [-0.39, 0.29) is 18.1 Å². The van der Waals surface area contributed by atoms with Crippen LogP contribution in [-0.2, 0) is 14.1 Å². The molecule has 0 saturated carbocycles. The Bertz CT molecular complexity index is 1010. The summed E-state index contributed by atoms with van der Waals surface area (Å²) in [6.45, 7) is -0.178. The van der Waals surface area contributed by atoms with E-state index >= 15 is 0 Å². The Balaban J connectivity index is 1.87. The van der Waals surface area contributed by atoms with Crippen molar-refractivity contribution in [2.24, 2.45) is 14.1 Å². The van der Waals surface area contributed by atoms with Crippen molar-refractivity contribution < 1.29 is 19.0 Å². The molecule has 0 aliphatic heterocycles. The number of Topliss-reactive ketones (excluding diaryl/α,β-unsaturated/α-hetero) is 1. The van der Waals surface area contributed by atoms with E-state index in [0.717, 1.165) is 5.52 Å². The molecule has 7 heteroatoms. The predicted molar refractivity (Wildman–Crippen MR) is 97.5 cm³/mol. The van der Waals surface area contributed by atoms with Gasteiger partial charge in [0.25, 0.3) is 0 Å². The van der Waals surface area contributed by atoms with Crippen molar-refractivity contribution in [3.63, 3.8) is 0 Å². The van der Waals surface area contributed by atoms with Crippen molar-refractivity contribution in [1.82, 2.24) is 9.13 Å². The molecule has 3 rings (SSSR count). The van der Waals surface area contributed by atoms with Gasteiger partial charge in [-0.3, -0.25) is 13.9 Å². The Morgan fingerprint density at radius 3 is 2.19 bits per heavy atom. The maximum Gasteiger partial charge on any atom is 0.328 e. The number of imidazole rings is 1. The van der Waals surface area contributed by atoms with Gasteiger partial charge in [0, 0.05) is 19.7 Å². The van der Waals surface area contributed by atoms with Gasteiger partial charge in [-0.2, -0.15) is 0 Å². The summed E-state index contributed by atoms with van der Waals surface area (Å²) in [4.78, 5) is 24.6. The second kappa shape index (κ2) is 6.95. The molecule has 1 heterocycles. The standard InChI is InChI=1S/C19H20N2O5/c1-20-13-9-8-12(10-14(13)21(2)19(20)23)15(22)11-26-18-16(24-3)6-5-7-17(18)25-4/h5-10H,11H2,1-4H3. The zero-order valence-electron chi connectivity index (χ0n) is 15.1. The van der Waals surface area contributed by atoms with E-state index < -0.39 is 0 Å². The van der Waals surface area contributed by atoms with Gasteiger partial charge < -0.3 is 14.2 Å². The van der Waals surface area contributed by atoms with Crippen LogP contribution in [0.4, 0.5) is 0 Å². The van der Waals surface area contributed by atoms with Crippen LogP contribution in [0.5, 0.6) is 17.2 Å². The Morgan fingerprint density at radius 1 is 0.962 bits per heavy atom. The van der Waals surface area contributed by atoms with Gasteiger partial charge in [0.15, 0.2) is 23.9 Å². The lowest BCUT2D eigenvalue weighted by atomic mass is 10.1. The Kier molecular flexibility index (Phi) is 4.71. The van der Waals surface area contributed by atoms with E-state index in [4.69, 9.17) is 14.2 Å². The normalized spacial score (nSPS) is 10.8. The van der Waals surface area contributed by atoms with Crippen LogP contribution in [0.15, 0.2) is 41.2 Å². The van der Waals surface area contributed by atoms with Crippen LogP contribution in [-0.4, -0.2) is 35.7 Å². The first kappa shape index (κ1) is 17.6. The van der Waals surface area contributed by atoms with Crippen molar-refractivity contribution in [3.05, 3.63) is 52.4 Å². The second-order valence-corrected chi connectivity index (χ2v) is 5.81. The molecule has 1 aromatic heterocycles. The maximum atomic E-state index is 12.6. The number of fused-ring (bicyclic) bond motifs is 1. The lowest BCUT2D eigenvalue weighted by Gasteiger charge is -2.13. The van der Waals surface area contributed by atoms with E-state index in [1.54, 1.807) is 55.1 Å². The smallest absolute Gasteiger partial charge is 0.328 e. The third-order valence-electron chi connectivity index (χ3n) is 4.32. The number of hydrogen-bond donors (Lipinski definition) is 0. The van der Waals surface area contributed by atoms with Gasteiger partial charge in [0.2, 0.25) is 5.75 Å². The van der Waals surface area contributed by atoms with Gasteiger partial charge in [-0.15, -0.1) is 0 Å². The zero-order valence-corrected chi connectivity index (χ0v) is 15.1. The van der Waals surface area contributed by atoms with E-state index in [9.17, 15) is 9.59 Å². The quantitative estimate of drug-likeness (QED) is 0.633. The summed E-state index contributed by atoms with van der Waals surface area (Å²) in [5.41, 5.74) is 1.78. The number of rotatable bonds is 6. The highest BCUT2D eigenvalue weighted by Gasteiger charge is 2.16. The average molecular weight is 356 g/mol. The molecule has 0 spiro atoms. The number of aryl methyl sites for hydroxylation is 2. The van der Waals surface area contributed by atoms with Crippen LogP contribution in [0, 0.1) is 0 Å². The van der Waals surface area contributed by atoms with Crippen LogP contribution in [0.1, 0.15) is 10.4 Å². The molecule has 0 saturated heterocycles. The highest BCUT2D eigenvalue weighted by Crippen LogP contribution is 2.36. The van der Waals surface area contributed by atoms with E-state index in [2.05, 4.69) is 0 Å². The van der Waals surface area contributed by atoms with Gasteiger partial charge in [-0.1, -0.05) is 6.07 Å². The lowest BCUT2D eigenvalue weighted by Crippen LogP contribution is -2.19. The molecule has 0 aliphatic carbocycles. The summed E-state index contributed by atoms with van der Waals surface area (Å²) in [6.07, 6.45) is 0. The first-order valence-electron chi connectivity index (χ1n) is 8.00. The fraction of sp³-hybridized carbons (Fsp3) is 0.263. The fourth-order valence-electron chi connectivity index (χ4n) is 2.86. The first-order valence-corrected chi connectivity index (χ1v) is 8.00. The molecule has 2 aromatic carbocycles. The molecule has 26 heavy (non-hydrogen) atoms. The summed E-state index contributed by atoms with van der Waals surface area (Å²) < 4.78 is 19.2. The summed E-state index contributed by atoms with van der Waals surface area (Å²) in [7, 11) is 6.42. The molecule has 0 radical (unpaired) electrons. The fourth-order valence-corrected chi connectivity index (χ4v) is 2.86. The van der Waals surface area contributed by atoms with Crippen LogP contribution in [0.2, 0.25) is 0 Å². The van der Waals surface area contributed by atoms with Gasteiger partial charge in [-0.05, 0) is 30.3 Å². The average Bonchev–Trinajstić information content (AvgIpc) is 2.89. The molecule has 0 atom stereocenters. The molecular formula is C19H20N2O5. The number of para-hydroxylation sites is 1. The molecule has 136 valence electrons. The zero-order chi connectivity index (χ0) is 18.8. The molecular weight excluding hydrogens is 336 g/mol. The summed E-state index contributed by atoms with van der Waals surface area (Å²) in [5, 5.41) is 0. The molecule has 3 aromatic rings. The van der Waals surface area contributed by atoms with Crippen LogP contribution in [0.25, 0.3) is 11.0 Å². The number of ketones is 1. The minimum atomic E-state index is -0.212. The molecule has 0 bridgehead atoms. The number of benzene rings is 2. The molecule has 0 fully saturated rings. The lowest BCUT2D eigenvalue weighted by molar-refractivity contribution is 0.0917. The molecule has 0 amide bonds. The number of carbonyl (C=O) groups excluding carboxylic acids is 1. The van der Waals surface area contributed by atoms with Gasteiger partial charge in [-0.25, -0.2) is 4.79 Å². The Labute approximate surface area is 150 Å². The SMILES string of the molecule is COc1cccc(OC)c1OCC(=O)c1ccc2c(c1)n(C)c(=O)n2C. The molecule has 0 unspecified atom stereocenters. The van der Waals surface area contributed by atoms with Gasteiger partial charge >= 0.3 is 5.69 Å². The number of nitrogens with zero attached hydrogens (tertiary/aromatic N) is 2. The number of carbonyl (C=O) groups is 1. The molecule has 0 aliphatic rings. The number of hydrogen-bond acceptors (Lipinski definition) is 5. The summed E-state index contributed by atoms with van der Waals surface area (Å²) >= 11 is 0. The predicted octanol–water partition coefficient (Wildman–Crippen LogP) is 2.16. The van der Waals surface area contributed by atoms with Crippen molar-refractivity contribution >= 4 is 16.8 Å². The third kappa shape index (κ3) is 2.92. The van der Waals surface area contributed by atoms with Gasteiger partial charge in [0.1, 0.15) is 0 Å². The van der Waals surface area contributed by atoms with Crippen molar-refractivity contribution in [1.29, 1.82) is 0 Å². The monoisotopic (exact) mass is 356 g/mol. The highest BCUT2D eigenvalue weighted by molar-refractivity contribution is 6.00.